The molecule has 1 aliphatic carbocycles. The van der Waals surface area contributed by atoms with Crippen LogP contribution in [-0.2, 0) is 22.4 Å². The Morgan fingerprint density at radius 3 is 2.77 bits per heavy atom. The number of hydrogen-bond donors (Lipinski definition) is 2. The summed E-state index contributed by atoms with van der Waals surface area (Å²) in [5, 5.41) is 4.60. The van der Waals surface area contributed by atoms with Crippen molar-refractivity contribution in [2.45, 2.75) is 45.1 Å². The summed E-state index contributed by atoms with van der Waals surface area (Å²) in [5.41, 5.74) is 6.72. The maximum atomic E-state index is 12.4. The van der Waals surface area contributed by atoms with Crippen LogP contribution < -0.4 is 11.1 Å². The summed E-state index contributed by atoms with van der Waals surface area (Å²) in [5.74, 6) is -1.61. The number of thiophene rings is 2. The molecule has 8 heteroatoms. The third kappa shape index (κ3) is 4.13. The molecule has 0 unspecified atom stereocenters. The number of nitrogens with one attached hydrogen (secondary N) is 1. The van der Waals surface area contributed by atoms with Gasteiger partial charge in [-0.1, -0.05) is 6.42 Å². The fourth-order valence-corrected chi connectivity index (χ4v) is 4.79. The second-order valence-corrected chi connectivity index (χ2v) is 8.24. The molecule has 26 heavy (non-hydrogen) atoms. The molecule has 0 bridgehead atoms. The Morgan fingerprint density at radius 1 is 1.23 bits per heavy atom. The fourth-order valence-electron chi connectivity index (χ4n) is 2.85. The van der Waals surface area contributed by atoms with Gasteiger partial charge in [0.1, 0.15) is 9.88 Å². The maximum absolute atomic E-state index is 12.4. The summed E-state index contributed by atoms with van der Waals surface area (Å²) in [7, 11) is 0. The Balaban J connectivity index is 1.62. The summed E-state index contributed by atoms with van der Waals surface area (Å²) in [6, 6.07) is 3.43. The third-order valence-electron chi connectivity index (χ3n) is 4.27. The van der Waals surface area contributed by atoms with Gasteiger partial charge < -0.3 is 15.8 Å². The minimum atomic E-state index is -0.979. The van der Waals surface area contributed by atoms with Crippen molar-refractivity contribution >= 4 is 45.5 Å². The molecule has 0 spiro atoms. The molecule has 0 saturated heterocycles. The van der Waals surface area contributed by atoms with E-state index >= 15 is 0 Å². The number of amides is 2. The smallest absolute Gasteiger partial charge is 0.349 e. The van der Waals surface area contributed by atoms with Gasteiger partial charge in [-0.15, -0.1) is 22.7 Å². The number of carbonyl (C=O) groups is 3. The quantitative estimate of drug-likeness (QED) is 0.602. The molecular weight excluding hydrogens is 372 g/mol. The highest BCUT2D eigenvalue weighted by Crippen LogP contribution is 2.29. The average molecular weight is 393 g/mol. The van der Waals surface area contributed by atoms with Gasteiger partial charge in [-0.2, -0.15) is 0 Å². The molecule has 6 nitrogen and oxygen atoms in total. The molecule has 3 N–H and O–H groups in total. The highest BCUT2D eigenvalue weighted by molar-refractivity contribution is 7.15. The Labute approximate surface area is 159 Å². The molecule has 0 saturated carbocycles. The second-order valence-electron chi connectivity index (χ2n) is 6.18. The molecular formula is C18H20N2O4S2. The van der Waals surface area contributed by atoms with Crippen LogP contribution in [0.5, 0.6) is 0 Å². The van der Waals surface area contributed by atoms with Crippen LogP contribution in [0.1, 0.15) is 56.7 Å². The number of carbonyl (C=O) groups excluding carboxylic acids is 3. The maximum Gasteiger partial charge on any atom is 0.349 e. The molecule has 2 aromatic rings. The Morgan fingerprint density at radius 2 is 2.00 bits per heavy atom. The molecule has 3 rings (SSSR count). The number of ether oxygens (including phenoxy) is 1. The summed E-state index contributed by atoms with van der Waals surface area (Å²) in [6.45, 7) is 1.50. The van der Waals surface area contributed by atoms with Gasteiger partial charge in [-0.3, -0.25) is 9.59 Å². The molecule has 0 aliphatic heterocycles. The Kier molecular flexibility index (Phi) is 5.73. The Bertz CT molecular complexity index is 817. The normalized spacial score (nSPS) is 14.8. The number of fused-ring (bicyclic) bond motifs is 1. The van der Waals surface area contributed by atoms with Crippen molar-refractivity contribution in [3.05, 3.63) is 38.4 Å². The molecule has 0 aromatic carbocycles. The SMILES string of the molecule is C[C@@H](OC(=O)c1cc2c(s1)CCCCC2)C(=O)Nc1sccc1C(N)=O. The minimum absolute atomic E-state index is 0.240. The molecule has 2 amide bonds. The number of nitrogens with two attached hydrogens (primary N) is 1. The van der Waals surface area contributed by atoms with Gasteiger partial charge in [0.2, 0.25) is 0 Å². The largest absolute Gasteiger partial charge is 0.448 e. The summed E-state index contributed by atoms with van der Waals surface area (Å²) < 4.78 is 5.30. The van der Waals surface area contributed by atoms with E-state index in [1.165, 1.54) is 52.5 Å². The summed E-state index contributed by atoms with van der Waals surface area (Å²) in [6.07, 6.45) is 4.51. The van der Waals surface area contributed by atoms with E-state index in [1.54, 1.807) is 5.38 Å². The number of hydrogen-bond acceptors (Lipinski definition) is 6. The topological polar surface area (TPSA) is 98.5 Å². The number of primary amides is 1. The zero-order chi connectivity index (χ0) is 18.7. The average Bonchev–Trinajstić information content (AvgIpc) is 3.17. The van der Waals surface area contributed by atoms with Crippen LogP contribution >= 0.6 is 22.7 Å². The first-order valence-corrected chi connectivity index (χ1v) is 10.2. The van der Waals surface area contributed by atoms with E-state index in [0.29, 0.717) is 9.88 Å². The lowest BCUT2D eigenvalue weighted by Crippen LogP contribution is -2.30. The fraction of sp³-hybridized carbons (Fsp3) is 0.389. The molecule has 1 aliphatic rings. The van der Waals surface area contributed by atoms with Gasteiger partial charge in [-0.05, 0) is 55.7 Å². The molecule has 138 valence electrons. The Hall–Kier alpha value is -2.19. The molecule has 2 heterocycles. The molecule has 1 atom stereocenters. The van der Waals surface area contributed by atoms with Gasteiger partial charge in [0.15, 0.2) is 6.10 Å². The van der Waals surface area contributed by atoms with Crippen LogP contribution in [0.2, 0.25) is 0 Å². The summed E-state index contributed by atoms with van der Waals surface area (Å²) >= 11 is 2.64. The number of anilines is 1. The summed E-state index contributed by atoms with van der Waals surface area (Å²) in [4.78, 5) is 37.7. The first kappa shape index (κ1) is 18.6. The molecule has 0 radical (unpaired) electrons. The van der Waals surface area contributed by atoms with Crippen molar-refractivity contribution in [3.8, 4) is 0 Å². The first-order chi connectivity index (χ1) is 12.5. The highest BCUT2D eigenvalue weighted by atomic mass is 32.1. The predicted molar refractivity (Wildman–Crippen MR) is 102 cm³/mol. The van der Waals surface area contributed by atoms with Crippen LogP contribution in [0.15, 0.2) is 17.5 Å². The molecule has 0 fully saturated rings. The second kappa shape index (κ2) is 8.01. The van der Waals surface area contributed by atoms with E-state index in [1.807, 2.05) is 6.07 Å². The lowest BCUT2D eigenvalue weighted by Gasteiger charge is -2.12. The van der Waals surface area contributed by atoms with Crippen molar-refractivity contribution in [2.24, 2.45) is 5.73 Å². The van der Waals surface area contributed by atoms with E-state index in [-0.39, 0.29) is 5.56 Å². The van der Waals surface area contributed by atoms with Crippen LogP contribution in [0, 0.1) is 0 Å². The number of esters is 1. The van der Waals surface area contributed by atoms with Crippen molar-refractivity contribution < 1.29 is 19.1 Å². The van der Waals surface area contributed by atoms with E-state index in [0.717, 1.165) is 25.7 Å². The zero-order valence-electron chi connectivity index (χ0n) is 14.4. The van der Waals surface area contributed by atoms with Gasteiger partial charge in [0.05, 0.1) is 5.56 Å². The van der Waals surface area contributed by atoms with Crippen molar-refractivity contribution in [1.82, 2.24) is 0 Å². The van der Waals surface area contributed by atoms with Crippen LogP contribution in [0.25, 0.3) is 0 Å². The van der Waals surface area contributed by atoms with Gasteiger partial charge >= 0.3 is 5.97 Å². The number of rotatable bonds is 5. The first-order valence-electron chi connectivity index (χ1n) is 8.46. The minimum Gasteiger partial charge on any atom is -0.448 e. The van der Waals surface area contributed by atoms with Crippen LogP contribution in [-0.4, -0.2) is 23.9 Å². The van der Waals surface area contributed by atoms with E-state index in [2.05, 4.69) is 5.32 Å². The highest BCUT2D eigenvalue weighted by Gasteiger charge is 2.23. The van der Waals surface area contributed by atoms with Crippen molar-refractivity contribution in [1.29, 1.82) is 0 Å². The zero-order valence-corrected chi connectivity index (χ0v) is 16.0. The van der Waals surface area contributed by atoms with Crippen molar-refractivity contribution in [3.63, 3.8) is 0 Å². The van der Waals surface area contributed by atoms with Crippen molar-refractivity contribution in [2.75, 3.05) is 5.32 Å². The standard InChI is InChI=1S/C18H20N2O4S2/c1-10(16(22)20-17-12(15(19)21)7-8-25-17)24-18(23)14-9-11-5-3-2-4-6-13(11)26-14/h7-10H,2-6H2,1H3,(H2,19,21)(H,20,22)/t10-/m1/s1. The van der Waals surface area contributed by atoms with E-state index in [9.17, 15) is 14.4 Å². The van der Waals surface area contributed by atoms with E-state index < -0.39 is 23.9 Å². The van der Waals surface area contributed by atoms with Crippen LogP contribution in [0.3, 0.4) is 0 Å². The third-order valence-corrected chi connectivity index (χ3v) is 6.32. The lowest BCUT2D eigenvalue weighted by molar-refractivity contribution is -0.123. The lowest BCUT2D eigenvalue weighted by atomic mass is 10.1. The van der Waals surface area contributed by atoms with E-state index in [4.69, 9.17) is 10.5 Å². The van der Waals surface area contributed by atoms with Crippen LogP contribution in [0.4, 0.5) is 5.00 Å². The molecule has 2 aromatic heterocycles. The van der Waals surface area contributed by atoms with Gasteiger partial charge in [-0.25, -0.2) is 4.79 Å². The monoisotopic (exact) mass is 392 g/mol. The van der Waals surface area contributed by atoms with Gasteiger partial charge in [0, 0.05) is 4.88 Å². The van der Waals surface area contributed by atoms with Gasteiger partial charge in [0.25, 0.3) is 11.8 Å². The predicted octanol–water partition coefficient (Wildman–Crippen LogP) is 3.36. The number of aryl methyl sites for hydroxylation is 2.